The summed E-state index contributed by atoms with van der Waals surface area (Å²) in [6, 6.07) is 7.64. The van der Waals surface area contributed by atoms with E-state index in [1.807, 2.05) is 36.1 Å². The summed E-state index contributed by atoms with van der Waals surface area (Å²) in [7, 11) is 0. The monoisotopic (exact) mass is 179 g/mol. The number of anilines is 1. The molecule has 0 aromatic heterocycles. The molecule has 1 heterocycles. The van der Waals surface area contributed by atoms with E-state index >= 15 is 0 Å². The molecule has 1 aromatic carbocycles. The Morgan fingerprint density at radius 1 is 1.46 bits per heavy atom. The van der Waals surface area contributed by atoms with Gasteiger partial charge in [0.15, 0.2) is 0 Å². The molecule has 70 valence electrons. The standard InChI is InChI=1S/C10H13NO2/c1-3-11-8-6-4-5-7-9(8)13-10(11,2)12/h4-7,12H,3H2,1-2H3/t10-/m1/s1. The van der Waals surface area contributed by atoms with Crippen LogP contribution in [0.3, 0.4) is 0 Å². The van der Waals surface area contributed by atoms with E-state index in [9.17, 15) is 5.11 Å². The molecule has 1 atom stereocenters. The topological polar surface area (TPSA) is 32.7 Å². The molecule has 1 aromatic rings. The van der Waals surface area contributed by atoms with Crippen LogP contribution in [-0.2, 0) is 0 Å². The van der Waals surface area contributed by atoms with Crippen LogP contribution in [-0.4, -0.2) is 17.6 Å². The Hall–Kier alpha value is -1.22. The molecule has 3 nitrogen and oxygen atoms in total. The molecular formula is C10H13NO2. The third-order valence-corrected chi connectivity index (χ3v) is 2.28. The van der Waals surface area contributed by atoms with Crippen molar-refractivity contribution in [2.24, 2.45) is 0 Å². The fourth-order valence-corrected chi connectivity index (χ4v) is 1.72. The van der Waals surface area contributed by atoms with Crippen molar-refractivity contribution in [2.45, 2.75) is 19.8 Å². The summed E-state index contributed by atoms with van der Waals surface area (Å²) in [5.41, 5.74) is 0.954. The Kier molecular flexibility index (Phi) is 1.70. The van der Waals surface area contributed by atoms with Crippen molar-refractivity contribution in [3.05, 3.63) is 24.3 Å². The molecule has 0 amide bonds. The molecule has 0 radical (unpaired) electrons. The number of nitrogens with zero attached hydrogens (tertiary/aromatic N) is 1. The lowest BCUT2D eigenvalue weighted by Crippen LogP contribution is -2.46. The van der Waals surface area contributed by atoms with Crippen LogP contribution in [0.5, 0.6) is 5.75 Å². The lowest BCUT2D eigenvalue weighted by molar-refractivity contribution is -0.107. The third kappa shape index (κ3) is 1.16. The number of para-hydroxylation sites is 2. The van der Waals surface area contributed by atoms with E-state index in [1.54, 1.807) is 6.92 Å². The lowest BCUT2D eigenvalue weighted by atomic mass is 10.3. The van der Waals surface area contributed by atoms with Crippen molar-refractivity contribution < 1.29 is 9.84 Å². The molecule has 0 unspecified atom stereocenters. The molecule has 2 rings (SSSR count). The molecule has 0 aliphatic carbocycles. The highest BCUT2D eigenvalue weighted by molar-refractivity contribution is 5.62. The number of hydrogen-bond donors (Lipinski definition) is 1. The maximum absolute atomic E-state index is 9.88. The highest BCUT2D eigenvalue weighted by atomic mass is 16.7. The van der Waals surface area contributed by atoms with Crippen LogP contribution in [0.1, 0.15) is 13.8 Å². The summed E-state index contributed by atoms with van der Waals surface area (Å²) in [5.74, 6) is -0.451. The fraction of sp³-hybridized carbons (Fsp3) is 0.400. The van der Waals surface area contributed by atoms with Gasteiger partial charge >= 0.3 is 0 Å². The molecule has 0 bridgehead atoms. The first kappa shape index (κ1) is 8.38. The molecule has 0 fully saturated rings. The van der Waals surface area contributed by atoms with Crippen molar-refractivity contribution in [3.63, 3.8) is 0 Å². The molecule has 0 saturated carbocycles. The average Bonchev–Trinajstić information content (AvgIpc) is 2.33. The zero-order valence-corrected chi connectivity index (χ0v) is 7.82. The molecular weight excluding hydrogens is 166 g/mol. The van der Waals surface area contributed by atoms with Gasteiger partial charge in [0.25, 0.3) is 5.91 Å². The number of benzene rings is 1. The number of hydrogen-bond acceptors (Lipinski definition) is 3. The molecule has 13 heavy (non-hydrogen) atoms. The second-order valence-electron chi connectivity index (χ2n) is 3.25. The Balaban J connectivity index is 2.46. The van der Waals surface area contributed by atoms with E-state index in [-0.39, 0.29) is 0 Å². The molecule has 1 N–H and O–H groups in total. The summed E-state index contributed by atoms with van der Waals surface area (Å²) in [4.78, 5) is 1.82. The van der Waals surface area contributed by atoms with Crippen LogP contribution >= 0.6 is 0 Å². The van der Waals surface area contributed by atoms with E-state index in [4.69, 9.17) is 4.74 Å². The van der Waals surface area contributed by atoms with Crippen LogP contribution in [0.2, 0.25) is 0 Å². The molecule has 1 aliphatic heterocycles. The van der Waals surface area contributed by atoms with E-state index in [1.165, 1.54) is 0 Å². The Labute approximate surface area is 77.6 Å². The summed E-state index contributed by atoms with van der Waals surface area (Å²) >= 11 is 0. The predicted octanol–water partition coefficient (Wildman–Crippen LogP) is 1.57. The molecule has 0 saturated heterocycles. The first-order valence-corrected chi connectivity index (χ1v) is 4.43. The summed E-state index contributed by atoms with van der Waals surface area (Å²) in [6.45, 7) is 4.36. The van der Waals surface area contributed by atoms with Gasteiger partial charge in [-0.1, -0.05) is 12.1 Å². The predicted molar refractivity (Wildman–Crippen MR) is 50.7 cm³/mol. The number of aliphatic hydroxyl groups is 1. The van der Waals surface area contributed by atoms with Gasteiger partial charge in [0.1, 0.15) is 5.75 Å². The Morgan fingerprint density at radius 2 is 2.15 bits per heavy atom. The van der Waals surface area contributed by atoms with Gasteiger partial charge in [-0.05, 0) is 19.1 Å². The molecule has 3 heteroatoms. The van der Waals surface area contributed by atoms with Crippen LogP contribution in [0.25, 0.3) is 0 Å². The van der Waals surface area contributed by atoms with Gasteiger partial charge in [0.2, 0.25) is 0 Å². The van der Waals surface area contributed by atoms with Gasteiger partial charge in [-0.25, -0.2) is 0 Å². The SMILES string of the molecule is CCN1c2ccccc2O[C@@]1(C)O. The van der Waals surface area contributed by atoms with Crippen molar-refractivity contribution in [1.29, 1.82) is 0 Å². The molecule has 0 spiro atoms. The van der Waals surface area contributed by atoms with E-state index in [0.717, 1.165) is 18.0 Å². The summed E-state index contributed by atoms with van der Waals surface area (Å²) < 4.78 is 5.38. The van der Waals surface area contributed by atoms with Crippen LogP contribution in [0.15, 0.2) is 24.3 Å². The van der Waals surface area contributed by atoms with Crippen molar-refractivity contribution in [1.82, 2.24) is 0 Å². The highest BCUT2D eigenvalue weighted by Crippen LogP contribution is 2.40. The van der Waals surface area contributed by atoms with Gasteiger partial charge in [-0.2, -0.15) is 0 Å². The van der Waals surface area contributed by atoms with Gasteiger partial charge in [-0.3, -0.25) is 0 Å². The van der Waals surface area contributed by atoms with Gasteiger partial charge in [0.05, 0.1) is 5.69 Å². The Morgan fingerprint density at radius 3 is 2.85 bits per heavy atom. The van der Waals surface area contributed by atoms with Crippen LogP contribution < -0.4 is 9.64 Å². The summed E-state index contributed by atoms with van der Waals surface area (Å²) in [6.07, 6.45) is 0. The fourth-order valence-electron chi connectivity index (χ4n) is 1.72. The third-order valence-electron chi connectivity index (χ3n) is 2.28. The zero-order valence-electron chi connectivity index (χ0n) is 7.82. The largest absolute Gasteiger partial charge is 0.442 e. The minimum atomic E-state index is -1.20. The number of ether oxygens (including phenoxy) is 1. The Bertz CT molecular complexity index is 322. The highest BCUT2D eigenvalue weighted by Gasteiger charge is 2.38. The average molecular weight is 179 g/mol. The van der Waals surface area contributed by atoms with Crippen LogP contribution in [0, 0.1) is 0 Å². The summed E-state index contributed by atoms with van der Waals surface area (Å²) in [5, 5.41) is 9.88. The quantitative estimate of drug-likeness (QED) is 0.710. The maximum Gasteiger partial charge on any atom is 0.289 e. The zero-order chi connectivity index (χ0) is 9.47. The van der Waals surface area contributed by atoms with E-state index in [2.05, 4.69) is 0 Å². The first-order chi connectivity index (χ1) is 6.15. The normalized spacial score (nSPS) is 25.6. The molecule has 1 aliphatic rings. The number of fused-ring (bicyclic) bond motifs is 1. The first-order valence-electron chi connectivity index (χ1n) is 4.43. The van der Waals surface area contributed by atoms with Crippen molar-refractivity contribution in [2.75, 3.05) is 11.4 Å². The minimum absolute atomic E-state index is 0.726. The van der Waals surface area contributed by atoms with Gasteiger partial charge in [-0.15, -0.1) is 0 Å². The van der Waals surface area contributed by atoms with Gasteiger partial charge in [0, 0.05) is 13.5 Å². The van der Waals surface area contributed by atoms with Crippen molar-refractivity contribution in [3.8, 4) is 5.75 Å². The van der Waals surface area contributed by atoms with Crippen LogP contribution in [0.4, 0.5) is 5.69 Å². The maximum atomic E-state index is 9.88. The lowest BCUT2D eigenvalue weighted by Gasteiger charge is -2.28. The number of rotatable bonds is 1. The van der Waals surface area contributed by atoms with E-state index < -0.39 is 5.91 Å². The van der Waals surface area contributed by atoms with Gasteiger partial charge < -0.3 is 14.7 Å². The second-order valence-corrected chi connectivity index (χ2v) is 3.25. The van der Waals surface area contributed by atoms with Crippen molar-refractivity contribution >= 4 is 5.69 Å². The minimum Gasteiger partial charge on any atom is -0.442 e. The second kappa shape index (κ2) is 2.64. The smallest absolute Gasteiger partial charge is 0.289 e. The van der Waals surface area contributed by atoms with E-state index in [0.29, 0.717) is 0 Å².